The summed E-state index contributed by atoms with van der Waals surface area (Å²) < 4.78 is 124. The van der Waals surface area contributed by atoms with Crippen molar-refractivity contribution in [2.24, 2.45) is 0 Å². The lowest BCUT2D eigenvalue weighted by atomic mass is 10.0. The number of aromatic nitrogens is 1. The van der Waals surface area contributed by atoms with Gasteiger partial charge >= 0.3 is 18.5 Å². The maximum Gasteiger partial charge on any atom is 0.419 e. The largest absolute Gasteiger partial charge is 0.489 e. The Kier molecular flexibility index (Phi) is 7.20. The fourth-order valence-electron chi connectivity index (χ4n) is 3.41. The normalized spacial score (nSPS) is 16.9. The molecular formula is C19H16F9N2O2S. The summed E-state index contributed by atoms with van der Waals surface area (Å²) in [4.78, 5) is 5.94. The Morgan fingerprint density at radius 1 is 0.939 bits per heavy atom. The highest BCUT2D eigenvalue weighted by molar-refractivity contribution is 7.09. The SMILES string of the molecule is [O]Cc1nc(CN2CCC(Oc3c(C(F)(F)F)cc(C(F)(F)F)cc3C(F)(F)F)CC2)cs1. The molecule has 14 heteroatoms. The van der Waals surface area contributed by atoms with Gasteiger partial charge < -0.3 is 4.74 Å². The lowest BCUT2D eigenvalue weighted by Gasteiger charge is -2.33. The van der Waals surface area contributed by atoms with Gasteiger partial charge in [0, 0.05) is 25.0 Å². The number of thiazole rings is 1. The number of likely N-dealkylation sites (tertiary alicyclic amines) is 1. The number of ether oxygens (including phenoxy) is 1. The van der Waals surface area contributed by atoms with Crippen LogP contribution in [0, 0.1) is 0 Å². The van der Waals surface area contributed by atoms with Crippen molar-refractivity contribution in [3.63, 3.8) is 0 Å². The third-order valence-electron chi connectivity index (χ3n) is 4.95. The van der Waals surface area contributed by atoms with E-state index in [1.54, 1.807) is 5.38 Å². The Morgan fingerprint density at radius 3 is 1.91 bits per heavy atom. The zero-order valence-electron chi connectivity index (χ0n) is 16.6. The van der Waals surface area contributed by atoms with Gasteiger partial charge in [-0.2, -0.15) is 39.5 Å². The molecule has 1 aromatic heterocycles. The molecule has 33 heavy (non-hydrogen) atoms. The van der Waals surface area contributed by atoms with E-state index < -0.39 is 53.7 Å². The van der Waals surface area contributed by atoms with Crippen LogP contribution in [0.15, 0.2) is 17.5 Å². The van der Waals surface area contributed by atoms with Gasteiger partial charge in [0.2, 0.25) is 0 Å². The summed E-state index contributed by atoms with van der Waals surface area (Å²) in [7, 11) is 0. The fourth-order valence-corrected chi connectivity index (χ4v) is 4.05. The molecule has 0 N–H and O–H groups in total. The van der Waals surface area contributed by atoms with Crippen LogP contribution in [0.2, 0.25) is 0 Å². The van der Waals surface area contributed by atoms with Crippen molar-refractivity contribution in [3.8, 4) is 5.75 Å². The molecule has 1 radical (unpaired) electrons. The summed E-state index contributed by atoms with van der Waals surface area (Å²) in [6.45, 7) is 0.359. The van der Waals surface area contributed by atoms with Gasteiger partial charge in [0.1, 0.15) is 23.5 Å². The first-order valence-electron chi connectivity index (χ1n) is 9.48. The van der Waals surface area contributed by atoms with Gasteiger partial charge in [-0.25, -0.2) is 10.1 Å². The van der Waals surface area contributed by atoms with E-state index >= 15 is 0 Å². The van der Waals surface area contributed by atoms with Gasteiger partial charge in [-0.05, 0) is 25.0 Å². The Balaban J connectivity index is 1.82. The number of rotatable bonds is 5. The van der Waals surface area contributed by atoms with Crippen LogP contribution in [0.3, 0.4) is 0 Å². The van der Waals surface area contributed by atoms with E-state index in [4.69, 9.17) is 4.74 Å². The first kappa shape index (κ1) is 25.6. The van der Waals surface area contributed by atoms with Crippen molar-refractivity contribution >= 4 is 11.3 Å². The topological polar surface area (TPSA) is 45.3 Å². The molecule has 4 nitrogen and oxygen atoms in total. The minimum absolute atomic E-state index is 0.0498. The molecule has 1 fully saturated rings. The van der Waals surface area contributed by atoms with Crippen molar-refractivity contribution in [2.45, 2.75) is 50.6 Å². The van der Waals surface area contributed by atoms with Crippen molar-refractivity contribution < 1.29 is 49.4 Å². The van der Waals surface area contributed by atoms with Crippen LogP contribution in [0.5, 0.6) is 5.75 Å². The number of hydrogen-bond acceptors (Lipinski definition) is 4. The summed E-state index contributed by atoms with van der Waals surface area (Å²) in [5, 5.41) is 12.9. The molecule has 0 aliphatic carbocycles. The lowest BCUT2D eigenvalue weighted by Crippen LogP contribution is -2.38. The maximum atomic E-state index is 13.4. The lowest BCUT2D eigenvalue weighted by molar-refractivity contribution is -0.151. The molecule has 2 aromatic rings. The van der Waals surface area contributed by atoms with E-state index in [1.807, 2.05) is 4.90 Å². The zero-order valence-corrected chi connectivity index (χ0v) is 17.4. The monoisotopic (exact) mass is 507 g/mol. The Labute approximate surface area is 185 Å². The van der Waals surface area contributed by atoms with E-state index in [-0.39, 0.29) is 38.1 Å². The first-order valence-corrected chi connectivity index (χ1v) is 10.4. The second-order valence-electron chi connectivity index (χ2n) is 7.36. The van der Waals surface area contributed by atoms with Gasteiger partial charge in [-0.15, -0.1) is 11.3 Å². The minimum Gasteiger partial charge on any atom is -0.489 e. The predicted octanol–water partition coefficient (Wildman–Crippen LogP) is 6.17. The Morgan fingerprint density at radius 2 is 1.48 bits per heavy atom. The molecule has 3 rings (SSSR count). The molecule has 0 saturated carbocycles. The second kappa shape index (κ2) is 9.29. The molecule has 1 aromatic carbocycles. The number of alkyl halides is 9. The van der Waals surface area contributed by atoms with Crippen LogP contribution in [-0.4, -0.2) is 29.1 Å². The van der Waals surface area contributed by atoms with E-state index in [9.17, 15) is 44.6 Å². The molecule has 183 valence electrons. The van der Waals surface area contributed by atoms with E-state index in [1.165, 1.54) is 11.3 Å². The van der Waals surface area contributed by atoms with Crippen molar-refractivity contribution in [1.29, 1.82) is 0 Å². The average molecular weight is 507 g/mol. The van der Waals surface area contributed by atoms with Crippen LogP contribution in [0.1, 0.15) is 40.2 Å². The van der Waals surface area contributed by atoms with Crippen molar-refractivity contribution in [3.05, 3.63) is 44.9 Å². The highest BCUT2D eigenvalue weighted by Gasteiger charge is 2.46. The summed E-state index contributed by atoms with van der Waals surface area (Å²) >= 11 is 1.18. The molecule has 1 aliphatic rings. The standard InChI is InChI=1S/C19H16F9N2O2S/c20-17(21,22)10-5-13(18(23,24)25)16(14(6-10)19(26,27)28)32-12-1-3-30(4-2-12)7-11-9-33-15(8-31)29-11/h5-6,9,12H,1-4,7-8H2. The van der Waals surface area contributed by atoms with Gasteiger partial charge in [-0.1, -0.05) is 0 Å². The van der Waals surface area contributed by atoms with Crippen LogP contribution in [0.25, 0.3) is 0 Å². The van der Waals surface area contributed by atoms with E-state index in [0.717, 1.165) is 0 Å². The van der Waals surface area contributed by atoms with Crippen LogP contribution < -0.4 is 4.74 Å². The molecule has 0 bridgehead atoms. The summed E-state index contributed by atoms with van der Waals surface area (Å²) in [5.41, 5.74) is -5.70. The Bertz CT molecular complexity index is 926. The third kappa shape index (κ3) is 6.29. The molecule has 1 aliphatic heterocycles. The summed E-state index contributed by atoms with van der Waals surface area (Å²) in [6.07, 6.45) is -17.4. The number of nitrogens with zero attached hydrogens (tertiary/aromatic N) is 2. The van der Waals surface area contributed by atoms with Crippen molar-refractivity contribution in [2.75, 3.05) is 13.1 Å². The quantitative estimate of drug-likeness (QED) is 0.455. The fraction of sp³-hybridized carbons (Fsp3) is 0.526. The van der Waals surface area contributed by atoms with Gasteiger partial charge in [-0.3, -0.25) is 4.90 Å². The summed E-state index contributed by atoms with van der Waals surface area (Å²) in [5.74, 6) is -1.65. The van der Waals surface area contributed by atoms with Gasteiger partial charge in [0.15, 0.2) is 0 Å². The smallest absolute Gasteiger partial charge is 0.419 e. The van der Waals surface area contributed by atoms with Crippen LogP contribution in [0.4, 0.5) is 39.5 Å². The Hall–Kier alpha value is -2.06. The maximum absolute atomic E-state index is 13.4. The first-order chi connectivity index (χ1) is 15.2. The summed E-state index contributed by atoms with van der Waals surface area (Å²) in [6, 6.07) is -0.731. The van der Waals surface area contributed by atoms with Gasteiger partial charge in [0.25, 0.3) is 0 Å². The van der Waals surface area contributed by atoms with Crippen molar-refractivity contribution in [1.82, 2.24) is 9.88 Å². The molecular weight excluding hydrogens is 491 g/mol. The second-order valence-corrected chi connectivity index (χ2v) is 8.31. The number of halogens is 9. The minimum atomic E-state index is -5.50. The molecule has 1 saturated heterocycles. The zero-order chi connectivity index (χ0) is 24.6. The van der Waals surface area contributed by atoms with Crippen LogP contribution >= 0.6 is 11.3 Å². The number of hydrogen-bond donors (Lipinski definition) is 0. The number of benzene rings is 1. The molecule has 0 amide bonds. The molecule has 0 unspecified atom stereocenters. The van der Waals surface area contributed by atoms with E-state index in [2.05, 4.69) is 4.98 Å². The van der Waals surface area contributed by atoms with Gasteiger partial charge in [0.05, 0.1) is 22.4 Å². The molecule has 0 spiro atoms. The molecule has 0 atom stereocenters. The highest BCUT2D eigenvalue weighted by Crippen LogP contribution is 2.48. The third-order valence-corrected chi connectivity index (χ3v) is 5.83. The van der Waals surface area contributed by atoms with Crippen LogP contribution in [-0.2, 0) is 36.8 Å². The predicted molar refractivity (Wildman–Crippen MR) is 96.9 cm³/mol. The molecule has 2 heterocycles. The average Bonchev–Trinajstić information content (AvgIpc) is 3.14. The van der Waals surface area contributed by atoms with E-state index in [0.29, 0.717) is 17.2 Å². The number of piperidine rings is 1. The highest BCUT2D eigenvalue weighted by atomic mass is 32.1.